The van der Waals surface area contributed by atoms with Gasteiger partial charge in [-0.25, -0.2) is 4.79 Å². The standard InChI is InChI=1S/C9H14ClNO2/c1-5-7(10)6-11-8(12)13-9(2,3)4/h1,7H,6H2,2-4H3,(H,11,12). The minimum absolute atomic E-state index is 0.215. The first kappa shape index (κ1) is 12.1. The summed E-state index contributed by atoms with van der Waals surface area (Å²) in [5.41, 5.74) is -0.498. The molecule has 0 rings (SSSR count). The number of alkyl carbamates (subject to hydrolysis) is 1. The molecule has 1 unspecified atom stereocenters. The lowest BCUT2D eigenvalue weighted by Gasteiger charge is -2.19. The van der Waals surface area contributed by atoms with E-state index in [0.29, 0.717) is 0 Å². The Morgan fingerprint density at radius 3 is 2.62 bits per heavy atom. The first-order chi connectivity index (χ1) is 5.85. The number of terminal acetylenes is 1. The Hall–Kier alpha value is -0.880. The minimum atomic E-state index is -0.506. The van der Waals surface area contributed by atoms with E-state index in [-0.39, 0.29) is 6.54 Å². The van der Waals surface area contributed by atoms with Gasteiger partial charge in [0.25, 0.3) is 0 Å². The molecule has 13 heavy (non-hydrogen) atoms. The van der Waals surface area contributed by atoms with Gasteiger partial charge in [-0.3, -0.25) is 0 Å². The summed E-state index contributed by atoms with van der Waals surface area (Å²) in [6.45, 7) is 5.57. The number of amides is 1. The molecule has 0 saturated heterocycles. The van der Waals surface area contributed by atoms with Crippen LogP contribution >= 0.6 is 11.6 Å². The monoisotopic (exact) mass is 203 g/mol. The molecule has 3 nitrogen and oxygen atoms in total. The van der Waals surface area contributed by atoms with Crippen LogP contribution in [0.25, 0.3) is 0 Å². The quantitative estimate of drug-likeness (QED) is 0.549. The molecule has 74 valence electrons. The zero-order valence-electron chi connectivity index (χ0n) is 8.06. The molecule has 0 radical (unpaired) electrons. The maximum absolute atomic E-state index is 11.0. The van der Waals surface area contributed by atoms with Crippen molar-refractivity contribution in [1.29, 1.82) is 0 Å². The van der Waals surface area contributed by atoms with E-state index in [1.807, 2.05) is 0 Å². The third-order valence-electron chi connectivity index (χ3n) is 1.01. The average Bonchev–Trinajstić information content (AvgIpc) is 1.97. The number of hydrogen-bond acceptors (Lipinski definition) is 2. The zero-order chi connectivity index (χ0) is 10.5. The van der Waals surface area contributed by atoms with Gasteiger partial charge < -0.3 is 10.1 Å². The van der Waals surface area contributed by atoms with E-state index >= 15 is 0 Å². The van der Waals surface area contributed by atoms with Crippen molar-refractivity contribution < 1.29 is 9.53 Å². The van der Waals surface area contributed by atoms with Crippen LogP contribution in [-0.2, 0) is 4.74 Å². The molecule has 0 heterocycles. The third kappa shape index (κ3) is 7.48. The molecule has 1 amide bonds. The molecular formula is C9H14ClNO2. The van der Waals surface area contributed by atoms with Crippen LogP contribution in [0, 0.1) is 12.3 Å². The SMILES string of the molecule is C#CC(Cl)CNC(=O)OC(C)(C)C. The summed E-state index contributed by atoms with van der Waals surface area (Å²) in [7, 11) is 0. The Kier molecular flexibility index (Phi) is 4.64. The predicted molar refractivity (Wildman–Crippen MR) is 52.7 cm³/mol. The molecule has 0 bridgehead atoms. The highest BCUT2D eigenvalue weighted by atomic mass is 35.5. The predicted octanol–water partition coefficient (Wildman–Crippen LogP) is 1.75. The fourth-order valence-electron chi connectivity index (χ4n) is 0.546. The molecule has 0 aromatic rings. The molecule has 1 N–H and O–H groups in total. The fourth-order valence-corrected chi connectivity index (χ4v) is 0.623. The van der Waals surface area contributed by atoms with Crippen molar-refractivity contribution in [2.24, 2.45) is 0 Å². The van der Waals surface area contributed by atoms with E-state index < -0.39 is 17.1 Å². The summed E-state index contributed by atoms with van der Waals surface area (Å²) in [5, 5.41) is 1.96. The third-order valence-corrected chi connectivity index (χ3v) is 1.29. The highest BCUT2D eigenvalue weighted by Crippen LogP contribution is 2.06. The normalized spacial score (nSPS) is 12.8. The smallest absolute Gasteiger partial charge is 0.407 e. The second kappa shape index (κ2) is 4.98. The number of hydrogen-bond donors (Lipinski definition) is 1. The van der Waals surface area contributed by atoms with Crippen molar-refractivity contribution in [3.05, 3.63) is 0 Å². The number of ether oxygens (including phenoxy) is 1. The van der Waals surface area contributed by atoms with Crippen LogP contribution < -0.4 is 5.32 Å². The van der Waals surface area contributed by atoms with Gasteiger partial charge in [0, 0.05) is 6.54 Å². The molecule has 0 fully saturated rings. The van der Waals surface area contributed by atoms with Gasteiger partial charge in [0.15, 0.2) is 0 Å². The molecule has 1 atom stereocenters. The van der Waals surface area contributed by atoms with Gasteiger partial charge >= 0.3 is 6.09 Å². The van der Waals surface area contributed by atoms with Gasteiger partial charge in [0.05, 0.1) is 0 Å². The Balaban J connectivity index is 3.72. The Bertz CT molecular complexity index is 215. The van der Waals surface area contributed by atoms with Gasteiger partial charge in [-0.15, -0.1) is 18.0 Å². The van der Waals surface area contributed by atoms with Crippen LogP contribution in [0.2, 0.25) is 0 Å². The minimum Gasteiger partial charge on any atom is -0.444 e. The van der Waals surface area contributed by atoms with Crippen LogP contribution in [-0.4, -0.2) is 23.6 Å². The van der Waals surface area contributed by atoms with E-state index in [0.717, 1.165) is 0 Å². The summed E-state index contributed by atoms with van der Waals surface area (Å²) in [6.07, 6.45) is 4.51. The van der Waals surface area contributed by atoms with Crippen molar-refractivity contribution in [3.63, 3.8) is 0 Å². The van der Waals surface area contributed by atoms with Gasteiger partial charge in [0.2, 0.25) is 0 Å². The largest absolute Gasteiger partial charge is 0.444 e. The number of nitrogens with one attached hydrogen (secondary N) is 1. The van der Waals surface area contributed by atoms with Crippen molar-refractivity contribution in [3.8, 4) is 12.3 Å². The first-order valence-electron chi connectivity index (χ1n) is 3.92. The molecule has 0 aliphatic rings. The van der Waals surface area contributed by atoms with Gasteiger partial charge in [-0.2, -0.15) is 0 Å². The number of alkyl halides is 1. The van der Waals surface area contributed by atoms with E-state index in [4.69, 9.17) is 22.8 Å². The van der Waals surface area contributed by atoms with Crippen molar-refractivity contribution in [1.82, 2.24) is 5.32 Å². The lowest BCUT2D eigenvalue weighted by molar-refractivity contribution is 0.0529. The summed E-state index contributed by atoms with van der Waals surface area (Å²) < 4.78 is 4.96. The second-order valence-electron chi connectivity index (χ2n) is 3.52. The average molecular weight is 204 g/mol. The summed E-state index contributed by atoms with van der Waals surface area (Å²) >= 11 is 5.57. The number of halogens is 1. The maximum atomic E-state index is 11.0. The molecular weight excluding hydrogens is 190 g/mol. The second-order valence-corrected chi connectivity index (χ2v) is 4.04. The summed E-state index contributed by atoms with van der Waals surface area (Å²) in [5.74, 6) is 2.28. The van der Waals surface area contributed by atoms with Crippen molar-refractivity contribution in [2.45, 2.75) is 31.7 Å². The van der Waals surface area contributed by atoms with E-state index in [9.17, 15) is 4.79 Å². The molecule has 0 aliphatic heterocycles. The summed E-state index contributed by atoms with van der Waals surface area (Å²) in [6, 6.07) is 0. The highest BCUT2D eigenvalue weighted by molar-refractivity contribution is 6.22. The number of carbonyl (C=O) groups excluding carboxylic acids is 1. The lowest BCUT2D eigenvalue weighted by atomic mass is 10.2. The molecule has 0 saturated carbocycles. The Morgan fingerprint density at radius 2 is 2.23 bits per heavy atom. The van der Waals surface area contributed by atoms with Crippen LogP contribution in [0.3, 0.4) is 0 Å². The van der Waals surface area contributed by atoms with Gasteiger partial charge in [-0.1, -0.05) is 5.92 Å². The molecule has 4 heteroatoms. The van der Waals surface area contributed by atoms with Crippen LogP contribution in [0.5, 0.6) is 0 Å². The highest BCUT2D eigenvalue weighted by Gasteiger charge is 2.16. The lowest BCUT2D eigenvalue weighted by Crippen LogP contribution is -2.35. The van der Waals surface area contributed by atoms with Crippen LogP contribution in [0.1, 0.15) is 20.8 Å². The van der Waals surface area contributed by atoms with Gasteiger partial charge in [-0.05, 0) is 20.8 Å². The Morgan fingerprint density at radius 1 is 1.69 bits per heavy atom. The number of carbonyl (C=O) groups is 1. The molecule has 0 aromatic carbocycles. The maximum Gasteiger partial charge on any atom is 0.407 e. The van der Waals surface area contributed by atoms with Crippen LogP contribution in [0.15, 0.2) is 0 Å². The van der Waals surface area contributed by atoms with E-state index in [1.54, 1.807) is 20.8 Å². The number of rotatable bonds is 2. The fraction of sp³-hybridized carbons (Fsp3) is 0.667. The molecule has 0 aromatic heterocycles. The van der Waals surface area contributed by atoms with Crippen molar-refractivity contribution >= 4 is 17.7 Å². The molecule has 0 aliphatic carbocycles. The topological polar surface area (TPSA) is 38.3 Å². The first-order valence-corrected chi connectivity index (χ1v) is 4.36. The molecule has 0 spiro atoms. The van der Waals surface area contributed by atoms with E-state index in [2.05, 4.69) is 11.2 Å². The van der Waals surface area contributed by atoms with Crippen LogP contribution in [0.4, 0.5) is 4.79 Å². The van der Waals surface area contributed by atoms with E-state index in [1.165, 1.54) is 0 Å². The Labute approximate surface area is 83.8 Å². The van der Waals surface area contributed by atoms with Crippen molar-refractivity contribution in [2.75, 3.05) is 6.54 Å². The summed E-state index contributed by atoms with van der Waals surface area (Å²) in [4.78, 5) is 11.0. The zero-order valence-corrected chi connectivity index (χ0v) is 8.81. The van der Waals surface area contributed by atoms with Gasteiger partial charge in [0.1, 0.15) is 11.0 Å².